The highest BCUT2D eigenvalue weighted by Crippen LogP contribution is 2.15. The van der Waals surface area contributed by atoms with Gasteiger partial charge >= 0.3 is 5.97 Å². The molecule has 1 amide bonds. The number of carbonyl (C=O) groups excluding carboxylic acids is 1. The van der Waals surface area contributed by atoms with E-state index in [-0.39, 0.29) is 11.8 Å². The lowest BCUT2D eigenvalue weighted by molar-refractivity contribution is -0.151. The second-order valence-electron chi connectivity index (χ2n) is 3.36. The Morgan fingerprint density at radius 2 is 2.29 bits per heavy atom. The summed E-state index contributed by atoms with van der Waals surface area (Å²) >= 11 is 0. The lowest BCUT2D eigenvalue weighted by atomic mass is 9.88. The molecule has 1 rings (SSSR count). The van der Waals surface area contributed by atoms with E-state index in [2.05, 4.69) is 15.6 Å². The summed E-state index contributed by atoms with van der Waals surface area (Å²) in [4.78, 5) is 25.8. The Morgan fingerprint density at radius 3 is 2.71 bits per heavy atom. The Bertz CT molecular complexity index is 227. The minimum absolute atomic E-state index is 0.148. The van der Waals surface area contributed by atoms with Crippen molar-refractivity contribution in [2.24, 2.45) is 11.8 Å². The van der Waals surface area contributed by atoms with Crippen LogP contribution < -0.4 is 10.8 Å². The highest BCUT2D eigenvalue weighted by Gasteiger charge is 2.28. The molecule has 3 N–H and O–H groups in total. The highest BCUT2D eigenvalue weighted by molar-refractivity contribution is 5.78. The van der Waals surface area contributed by atoms with Crippen molar-refractivity contribution < 1.29 is 19.5 Å². The maximum Gasteiger partial charge on any atom is 0.332 e. The van der Waals surface area contributed by atoms with Crippen molar-refractivity contribution in [2.45, 2.75) is 6.92 Å². The van der Waals surface area contributed by atoms with E-state index < -0.39 is 12.6 Å². The second kappa shape index (κ2) is 4.92. The van der Waals surface area contributed by atoms with Crippen LogP contribution in [0.1, 0.15) is 6.92 Å². The molecule has 1 unspecified atom stereocenters. The van der Waals surface area contributed by atoms with Crippen molar-refractivity contribution in [3.63, 3.8) is 0 Å². The van der Waals surface area contributed by atoms with Crippen LogP contribution in [0.2, 0.25) is 0 Å². The van der Waals surface area contributed by atoms with Gasteiger partial charge in [-0.3, -0.25) is 9.63 Å². The van der Waals surface area contributed by atoms with Gasteiger partial charge in [-0.1, -0.05) is 6.92 Å². The van der Waals surface area contributed by atoms with E-state index >= 15 is 0 Å². The number of nitrogens with one attached hydrogen (secondary N) is 2. The Balaban J connectivity index is 2.16. The van der Waals surface area contributed by atoms with Gasteiger partial charge in [0, 0.05) is 5.92 Å². The Morgan fingerprint density at radius 1 is 1.64 bits per heavy atom. The third kappa shape index (κ3) is 2.97. The minimum atomic E-state index is -1.11. The van der Waals surface area contributed by atoms with Crippen LogP contribution in [0, 0.1) is 11.8 Å². The molecule has 6 heteroatoms. The molecule has 0 aliphatic carbocycles. The third-order valence-electron chi connectivity index (χ3n) is 2.30. The van der Waals surface area contributed by atoms with Gasteiger partial charge in [0.25, 0.3) is 0 Å². The average molecular weight is 202 g/mol. The standard InChI is InChI=1S/C8H14N2O4/c1-5(6-2-9-3-6)8(13)10-14-4-7(11)12/h5-6,9H,2-4H2,1H3,(H,10,13)(H,11,12). The van der Waals surface area contributed by atoms with Crippen LogP contribution in [0.25, 0.3) is 0 Å². The minimum Gasteiger partial charge on any atom is -0.479 e. The average Bonchev–Trinajstić information content (AvgIpc) is 2.00. The molecule has 0 saturated carbocycles. The highest BCUT2D eigenvalue weighted by atomic mass is 16.7. The SMILES string of the molecule is CC(C(=O)NOCC(=O)O)C1CNC1. The Hall–Kier alpha value is -1.14. The predicted molar refractivity (Wildman–Crippen MR) is 47.3 cm³/mol. The first kappa shape index (κ1) is 10.9. The molecule has 1 aliphatic heterocycles. The van der Waals surface area contributed by atoms with Gasteiger partial charge in [-0.05, 0) is 19.0 Å². The van der Waals surface area contributed by atoms with Crippen LogP contribution in [-0.4, -0.2) is 36.7 Å². The molecule has 1 saturated heterocycles. The van der Waals surface area contributed by atoms with Crippen LogP contribution in [0.3, 0.4) is 0 Å². The van der Waals surface area contributed by atoms with E-state index in [1.807, 2.05) is 0 Å². The summed E-state index contributed by atoms with van der Waals surface area (Å²) in [5.41, 5.74) is 2.12. The van der Waals surface area contributed by atoms with E-state index in [1.165, 1.54) is 0 Å². The summed E-state index contributed by atoms with van der Waals surface area (Å²) in [6.07, 6.45) is 0. The smallest absolute Gasteiger partial charge is 0.332 e. The number of carbonyl (C=O) groups is 2. The number of carboxylic acid groups (broad SMARTS) is 1. The largest absolute Gasteiger partial charge is 0.479 e. The van der Waals surface area contributed by atoms with Gasteiger partial charge in [-0.25, -0.2) is 10.3 Å². The zero-order valence-electron chi connectivity index (χ0n) is 7.95. The van der Waals surface area contributed by atoms with Crippen molar-refractivity contribution in [3.8, 4) is 0 Å². The van der Waals surface area contributed by atoms with Crippen LogP contribution in [-0.2, 0) is 14.4 Å². The molecular weight excluding hydrogens is 188 g/mol. The number of hydrogen-bond donors (Lipinski definition) is 3. The first-order chi connectivity index (χ1) is 6.61. The zero-order valence-corrected chi connectivity index (χ0v) is 7.95. The summed E-state index contributed by atoms with van der Waals surface area (Å²) < 4.78 is 0. The maximum absolute atomic E-state index is 11.3. The molecule has 1 atom stereocenters. The summed E-state index contributed by atoms with van der Waals surface area (Å²) in [6.45, 7) is 2.94. The fourth-order valence-corrected chi connectivity index (χ4v) is 1.14. The molecular formula is C8H14N2O4. The van der Waals surface area contributed by atoms with Crippen molar-refractivity contribution >= 4 is 11.9 Å². The first-order valence-corrected chi connectivity index (χ1v) is 4.45. The van der Waals surface area contributed by atoms with Gasteiger partial charge in [0.05, 0.1) is 0 Å². The maximum atomic E-state index is 11.3. The van der Waals surface area contributed by atoms with E-state index in [1.54, 1.807) is 6.92 Å². The van der Waals surface area contributed by atoms with Gasteiger partial charge in [-0.2, -0.15) is 0 Å². The number of amides is 1. The number of hydroxylamine groups is 1. The van der Waals surface area contributed by atoms with Crippen molar-refractivity contribution in [2.75, 3.05) is 19.7 Å². The van der Waals surface area contributed by atoms with Gasteiger partial charge in [0.2, 0.25) is 5.91 Å². The fourth-order valence-electron chi connectivity index (χ4n) is 1.14. The molecule has 0 bridgehead atoms. The van der Waals surface area contributed by atoms with Gasteiger partial charge in [-0.15, -0.1) is 0 Å². The van der Waals surface area contributed by atoms with Gasteiger partial charge in [0.15, 0.2) is 6.61 Å². The van der Waals surface area contributed by atoms with Crippen molar-refractivity contribution in [3.05, 3.63) is 0 Å². The van der Waals surface area contributed by atoms with E-state index in [0.29, 0.717) is 5.92 Å². The molecule has 80 valence electrons. The van der Waals surface area contributed by atoms with Crippen molar-refractivity contribution in [1.82, 2.24) is 10.8 Å². The van der Waals surface area contributed by atoms with Gasteiger partial charge in [0.1, 0.15) is 0 Å². The topological polar surface area (TPSA) is 87.7 Å². The van der Waals surface area contributed by atoms with Crippen molar-refractivity contribution in [1.29, 1.82) is 0 Å². The molecule has 6 nitrogen and oxygen atoms in total. The molecule has 0 spiro atoms. The fraction of sp³-hybridized carbons (Fsp3) is 0.750. The van der Waals surface area contributed by atoms with Crippen LogP contribution >= 0.6 is 0 Å². The lowest BCUT2D eigenvalue weighted by Gasteiger charge is -2.31. The third-order valence-corrected chi connectivity index (χ3v) is 2.30. The molecule has 1 fully saturated rings. The summed E-state index contributed by atoms with van der Waals surface area (Å²) in [5.74, 6) is -1.20. The molecule has 1 aliphatic rings. The number of hydrogen-bond acceptors (Lipinski definition) is 4. The van der Waals surface area contributed by atoms with E-state index in [4.69, 9.17) is 5.11 Å². The first-order valence-electron chi connectivity index (χ1n) is 4.45. The van der Waals surface area contributed by atoms with Gasteiger partial charge < -0.3 is 10.4 Å². The number of aliphatic carboxylic acids is 1. The number of carboxylic acids is 1. The Labute approximate surface area is 81.6 Å². The molecule has 1 heterocycles. The van der Waals surface area contributed by atoms with E-state index in [9.17, 15) is 9.59 Å². The normalized spacial score (nSPS) is 18.4. The second-order valence-corrected chi connectivity index (χ2v) is 3.36. The molecule has 14 heavy (non-hydrogen) atoms. The molecule has 0 aromatic rings. The monoisotopic (exact) mass is 202 g/mol. The predicted octanol–water partition coefficient (Wildman–Crippen LogP) is -1.03. The van der Waals surface area contributed by atoms with Crippen LogP contribution in [0.4, 0.5) is 0 Å². The molecule has 0 radical (unpaired) electrons. The molecule has 0 aromatic heterocycles. The summed E-state index contributed by atoms with van der Waals surface area (Å²) in [6, 6.07) is 0. The zero-order chi connectivity index (χ0) is 10.6. The van der Waals surface area contributed by atoms with E-state index in [0.717, 1.165) is 13.1 Å². The Kier molecular flexibility index (Phi) is 3.84. The quantitative estimate of drug-likeness (QED) is 0.496. The van der Waals surface area contributed by atoms with Crippen LogP contribution in [0.15, 0.2) is 0 Å². The lowest BCUT2D eigenvalue weighted by Crippen LogP contribution is -2.49. The number of rotatable bonds is 5. The summed E-state index contributed by atoms with van der Waals surface area (Å²) in [7, 11) is 0. The molecule has 0 aromatic carbocycles. The summed E-state index contributed by atoms with van der Waals surface area (Å²) in [5, 5.41) is 11.3. The van der Waals surface area contributed by atoms with Crippen LogP contribution in [0.5, 0.6) is 0 Å².